The fourth-order valence-corrected chi connectivity index (χ4v) is 3.43. The van der Waals surface area contributed by atoms with Crippen molar-refractivity contribution in [1.82, 2.24) is 14.4 Å². The highest BCUT2D eigenvalue weighted by Gasteiger charge is 2.34. The number of carbonyl (C=O) groups is 2. The molecule has 0 unspecified atom stereocenters. The predicted octanol–water partition coefficient (Wildman–Crippen LogP) is 2.66. The van der Waals surface area contributed by atoms with Crippen molar-refractivity contribution in [2.75, 3.05) is 13.1 Å². The minimum absolute atomic E-state index is 0.00238. The molecule has 134 valence electrons. The zero-order valence-corrected chi connectivity index (χ0v) is 15.0. The molecule has 2 aromatic heterocycles. The Balaban J connectivity index is 1.87. The van der Waals surface area contributed by atoms with Gasteiger partial charge in [-0.25, -0.2) is 0 Å². The summed E-state index contributed by atoms with van der Waals surface area (Å²) < 4.78 is 7.42. The Morgan fingerprint density at radius 1 is 1.32 bits per heavy atom. The fraction of sp³-hybridized carbons (Fsp3) is 0.474. The lowest BCUT2D eigenvalue weighted by atomic mass is 10.0. The van der Waals surface area contributed by atoms with Crippen LogP contribution in [0.15, 0.2) is 41.3 Å². The average Bonchev–Trinajstić information content (AvgIpc) is 3.28. The van der Waals surface area contributed by atoms with Crippen molar-refractivity contribution in [3.05, 3.63) is 48.2 Å². The number of aromatic nitrogens is 1. The molecular formula is C19H25N3O3. The molecule has 1 aliphatic rings. The molecule has 0 bridgehead atoms. The predicted molar refractivity (Wildman–Crippen MR) is 93.8 cm³/mol. The van der Waals surface area contributed by atoms with Gasteiger partial charge in [0.15, 0.2) is 0 Å². The van der Waals surface area contributed by atoms with Crippen LogP contribution in [0, 0.1) is 0 Å². The molecule has 0 aromatic carbocycles. The van der Waals surface area contributed by atoms with Crippen LogP contribution < -0.4 is 0 Å². The first kappa shape index (κ1) is 17.3. The maximum Gasteiger partial charge on any atom is 0.243 e. The van der Waals surface area contributed by atoms with Crippen LogP contribution in [0.4, 0.5) is 0 Å². The van der Waals surface area contributed by atoms with Crippen LogP contribution in [0.2, 0.25) is 0 Å². The molecule has 3 rings (SSSR count). The van der Waals surface area contributed by atoms with E-state index in [1.807, 2.05) is 50.1 Å². The first-order valence-electron chi connectivity index (χ1n) is 8.79. The molecule has 1 atom stereocenters. The van der Waals surface area contributed by atoms with E-state index in [4.69, 9.17) is 4.42 Å². The topological polar surface area (TPSA) is 58.7 Å². The van der Waals surface area contributed by atoms with Gasteiger partial charge in [-0.05, 0) is 32.0 Å². The number of amides is 2. The largest absolute Gasteiger partial charge is 0.472 e. The van der Waals surface area contributed by atoms with Crippen LogP contribution in [-0.4, -0.2) is 45.3 Å². The molecule has 25 heavy (non-hydrogen) atoms. The van der Waals surface area contributed by atoms with Crippen LogP contribution in [-0.2, 0) is 16.1 Å². The highest BCUT2D eigenvalue weighted by Crippen LogP contribution is 2.32. The van der Waals surface area contributed by atoms with Crippen LogP contribution >= 0.6 is 0 Å². The van der Waals surface area contributed by atoms with E-state index < -0.39 is 0 Å². The molecule has 0 aliphatic carbocycles. The average molecular weight is 343 g/mol. The monoisotopic (exact) mass is 343 g/mol. The molecular weight excluding hydrogens is 318 g/mol. The molecule has 0 saturated heterocycles. The lowest BCUT2D eigenvalue weighted by molar-refractivity contribution is -0.143. The Kier molecular flexibility index (Phi) is 4.97. The molecule has 6 nitrogen and oxygen atoms in total. The van der Waals surface area contributed by atoms with Gasteiger partial charge in [0.05, 0.1) is 12.5 Å². The molecule has 0 spiro atoms. The minimum atomic E-state index is -0.180. The van der Waals surface area contributed by atoms with Gasteiger partial charge in [0.25, 0.3) is 0 Å². The SMILES string of the molecule is CCC(=O)N(CC(=O)N1CCn2cccc2[C@@H]1c1ccoc1)C(C)C. The highest BCUT2D eigenvalue weighted by atomic mass is 16.3. The molecule has 1 aliphatic heterocycles. The highest BCUT2D eigenvalue weighted by molar-refractivity contribution is 5.85. The van der Waals surface area contributed by atoms with Crippen molar-refractivity contribution in [2.45, 2.75) is 45.8 Å². The third kappa shape index (κ3) is 3.34. The first-order chi connectivity index (χ1) is 12.0. The Bertz CT molecular complexity index is 733. The Hall–Kier alpha value is -2.50. The second-order valence-electron chi connectivity index (χ2n) is 6.64. The summed E-state index contributed by atoms with van der Waals surface area (Å²) in [5, 5.41) is 0. The summed E-state index contributed by atoms with van der Waals surface area (Å²) in [6, 6.07) is 5.75. The Morgan fingerprint density at radius 2 is 2.12 bits per heavy atom. The van der Waals surface area contributed by atoms with Gasteiger partial charge in [-0.15, -0.1) is 0 Å². The number of nitrogens with zero attached hydrogens (tertiary/aromatic N) is 3. The normalized spacial score (nSPS) is 16.8. The number of rotatable bonds is 5. The smallest absolute Gasteiger partial charge is 0.243 e. The van der Waals surface area contributed by atoms with Gasteiger partial charge in [0.2, 0.25) is 11.8 Å². The van der Waals surface area contributed by atoms with Gasteiger partial charge < -0.3 is 18.8 Å². The first-order valence-corrected chi connectivity index (χ1v) is 8.79. The van der Waals surface area contributed by atoms with Crippen molar-refractivity contribution < 1.29 is 14.0 Å². The lowest BCUT2D eigenvalue weighted by Gasteiger charge is -2.38. The maximum atomic E-state index is 13.1. The third-order valence-corrected chi connectivity index (χ3v) is 4.77. The molecule has 0 N–H and O–H groups in total. The summed E-state index contributed by atoms with van der Waals surface area (Å²) in [4.78, 5) is 28.8. The van der Waals surface area contributed by atoms with E-state index >= 15 is 0 Å². The summed E-state index contributed by atoms with van der Waals surface area (Å²) in [6.45, 7) is 7.18. The van der Waals surface area contributed by atoms with Crippen molar-refractivity contribution in [2.24, 2.45) is 0 Å². The number of carbonyl (C=O) groups excluding carboxylic acids is 2. The Morgan fingerprint density at radius 3 is 2.76 bits per heavy atom. The van der Waals surface area contributed by atoms with Gasteiger partial charge in [-0.2, -0.15) is 0 Å². The molecule has 3 heterocycles. The second-order valence-corrected chi connectivity index (χ2v) is 6.64. The zero-order chi connectivity index (χ0) is 18.0. The lowest BCUT2D eigenvalue weighted by Crippen LogP contribution is -2.49. The summed E-state index contributed by atoms with van der Waals surface area (Å²) in [5.74, 6) is -0.0299. The van der Waals surface area contributed by atoms with Crippen molar-refractivity contribution >= 4 is 11.8 Å². The van der Waals surface area contributed by atoms with Gasteiger partial charge in [-0.3, -0.25) is 9.59 Å². The maximum absolute atomic E-state index is 13.1. The van der Waals surface area contributed by atoms with E-state index in [0.717, 1.165) is 17.8 Å². The molecule has 2 aromatic rings. The summed E-state index contributed by atoms with van der Waals surface area (Å²) in [7, 11) is 0. The van der Waals surface area contributed by atoms with Gasteiger partial charge in [0, 0.05) is 43.0 Å². The molecule has 2 amide bonds. The number of fused-ring (bicyclic) bond motifs is 1. The Labute approximate surface area is 148 Å². The molecule has 0 fully saturated rings. The van der Waals surface area contributed by atoms with Crippen molar-refractivity contribution in [3.63, 3.8) is 0 Å². The van der Waals surface area contributed by atoms with Gasteiger partial charge >= 0.3 is 0 Å². The van der Waals surface area contributed by atoms with Crippen LogP contribution in [0.1, 0.15) is 44.5 Å². The second kappa shape index (κ2) is 7.17. The molecule has 0 radical (unpaired) electrons. The molecule has 6 heteroatoms. The fourth-order valence-electron chi connectivity index (χ4n) is 3.43. The van der Waals surface area contributed by atoms with Gasteiger partial charge in [-0.1, -0.05) is 6.92 Å². The summed E-state index contributed by atoms with van der Waals surface area (Å²) >= 11 is 0. The minimum Gasteiger partial charge on any atom is -0.472 e. The van der Waals surface area contributed by atoms with Crippen molar-refractivity contribution in [1.29, 1.82) is 0 Å². The number of hydrogen-bond acceptors (Lipinski definition) is 3. The molecule has 0 saturated carbocycles. The quantitative estimate of drug-likeness (QED) is 0.839. The van der Waals surface area contributed by atoms with Crippen LogP contribution in [0.5, 0.6) is 0 Å². The summed E-state index contributed by atoms with van der Waals surface area (Å²) in [5.41, 5.74) is 2.02. The number of hydrogen-bond donors (Lipinski definition) is 0. The van der Waals surface area contributed by atoms with E-state index in [1.54, 1.807) is 17.4 Å². The number of furan rings is 1. The van der Waals surface area contributed by atoms with E-state index in [2.05, 4.69) is 4.57 Å². The third-order valence-electron chi connectivity index (χ3n) is 4.77. The van der Waals surface area contributed by atoms with Gasteiger partial charge in [0.1, 0.15) is 12.6 Å². The summed E-state index contributed by atoms with van der Waals surface area (Å²) in [6.07, 6.45) is 5.75. The van der Waals surface area contributed by atoms with Crippen LogP contribution in [0.3, 0.4) is 0 Å². The van der Waals surface area contributed by atoms with Crippen LogP contribution in [0.25, 0.3) is 0 Å². The zero-order valence-electron chi connectivity index (χ0n) is 15.0. The van der Waals surface area contributed by atoms with E-state index in [1.165, 1.54) is 0 Å². The van der Waals surface area contributed by atoms with E-state index in [-0.39, 0.29) is 30.4 Å². The van der Waals surface area contributed by atoms with Crippen molar-refractivity contribution in [3.8, 4) is 0 Å². The standard InChI is InChI=1S/C19H25N3O3/c1-4-17(23)22(14(2)3)12-18(24)21-10-9-20-8-5-6-16(20)19(21)15-7-11-25-13-15/h5-8,11,13-14,19H,4,9-10,12H2,1-3H3/t19-/m0/s1. The van der Waals surface area contributed by atoms with E-state index in [0.29, 0.717) is 13.0 Å². The van der Waals surface area contributed by atoms with E-state index in [9.17, 15) is 9.59 Å².